The molecule has 132 valence electrons. The molecule has 4 nitrogen and oxygen atoms in total. The summed E-state index contributed by atoms with van der Waals surface area (Å²) >= 11 is 12.6. The first kappa shape index (κ1) is 18.2. The molecule has 1 aromatic carbocycles. The lowest BCUT2D eigenvalue weighted by atomic mass is 9.71. The molecule has 6 heteroatoms. The molecule has 3 rings (SSSR count). The maximum atomic E-state index is 12.7. The SMILES string of the molecule is CCOC(=O)C1C(C)=NC2=C(C(=O)CCC2)[C@@H]1c1cccc(Cl)c1Cl. The summed E-state index contributed by atoms with van der Waals surface area (Å²) in [6.45, 7) is 3.82. The molecule has 2 atom stereocenters. The van der Waals surface area contributed by atoms with E-state index in [-0.39, 0.29) is 12.4 Å². The van der Waals surface area contributed by atoms with Gasteiger partial charge in [0.25, 0.3) is 0 Å². The van der Waals surface area contributed by atoms with Gasteiger partial charge in [0.05, 0.1) is 16.7 Å². The topological polar surface area (TPSA) is 55.7 Å². The largest absolute Gasteiger partial charge is 0.465 e. The second kappa shape index (κ2) is 7.30. The van der Waals surface area contributed by atoms with E-state index >= 15 is 0 Å². The number of benzene rings is 1. The van der Waals surface area contributed by atoms with Crippen LogP contribution in [0.25, 0.3) is 0 Å². The predicted octanol–water partition coefficient (Wildman–Crippen LogP) is 4.74. The Bertz CT molecular complexity index is 798. The summed E-state index contributed by atoms with van der Waals surface area (Å²) in [5.74, 6) is -1.55. The third-order valence-electron chi connectivity index (χ3n) is 4.69. The smallest absolute Gasteiger partial charge is 0.315 e. The van der Waals surface area contributed by atoms with Crippen LogP contribution in [0.5, 0.6) is 0 Å². The average molecular weight is 380 g/mol. The molecule has 0 bridgehead atoms. The van der Waals surface area contributed by atoms with Gasteiger partial charge in [-0.3, -0.25) is 14.6 Å². The van der Waals surface area contributed by atoms with Gasteiger partial charge in [-0.25, -0.2) is 0 Å². The van der Waals surface area contributed by atoms with Crippen molar-refractivity contribution < 1.29 is 14.3 Å². The third-order valence-corrected chi connectivity index (χ3v) is 5.53. The zero-order valence-electron chi connectivity index (χ0n) is 14.1. The number of allylic oxidation sites excluding steroid dienone is 2. The van der Waals surface area contributed by atoms with Crippen LogP contribution in [0.3, 0.4) is 0 Å². The molecule has 0 saturated carbocycles. The van der Waals surface area contributed by atoms with E-state index in [1.807, 2.05) is 6.07 Å². The maximum absolute atomic E-state index is 12.7. The third kappa shape index (κ3) is 3.25. The minimum Gasteiger partial charge on any atom is -0.465 e. The van der Waals surface area contributed by atoms with Crippen molar-refractivity contribution in [1.82, 2.24) is 0 Å². The Kier molecular flexibility index (Phi) is 5.30. The molecule has 0 saturated heterocycles. The van der Waals surface area contributed by atoms with E-state index in [1.165, 1.54) is 0 Å². The Labute approximate surface area is 156 Å². The zero-order chi connectivity index (χ0) is 18.1. The van der Waals surface area contributed by atoms with Crippen LogP contribution in [0.2, 0.25) is 10.0 Å². The van der Waals surface area contributed by atoms with Crippen LogP contribution in [0, 0.1) is 5.92 Å². The maximum Gasteiger partial charge on any atom is 0.315 e. The zero-order valence-corrected chi connectivity index (χ0v) is 15.7. The lowest BCUT2D eigenvalue weighted by molar-refractivity contribution is -0.146. The summed E-state index contributed by atoms with van der Waals surface area (Å²) in [5.41, 5.74) is 2.66. The molecule has 0 fully saturated rings. The number of Topliss-reactive ketones (excluding diaryl/α,β-unsaturated/α-hetero) is 1. The molecule has 1 heterocycles. The second-order valence-corrected chi connectivity index (χ2v) is 7.03. The minimum absolute atomic E-state index is 0.0211. The highest BCUT2D eigenvalue weighted by molar-refractivity contribution is 6.42. The van der Waals surface area contributed by atoms with Crippen molar-refractivity contribution >= 4 is 40.7 Å². The van der Waals surface area contributed by atoms with E-state index in [0.717, 1.165) is 18.5 Å². The van der Waals surface area contributed by atoms with Crippen LogP contribution in [0.1, 0.15) is 44.6 Å². The fourth-order valence-corrected chi connectivity index (χ4v) is 4.07. The number of ketones is 1. The van der Waals surface area contributed by atoms with Crippen LogP contribution in [0.15, 0.2) is 34.5 Å². The Balaban J connectivity index is 2.21. The van der Waals surface area contributed by atoms with Gasteiger partial charge in [0.1, 0.15) is 5.92 Å². The quantitative estimate of drug-likeness (QED) is 0.712. The summed E-state index contributed by atoms with van der Waals surface area (Å²) in [7, 11) is 0. The molecule has 1 aliphatic heterocycles. The number of halogens is 2. The molecule has 25 heavy (non-hydrogen) atoms. The van der Waals surface area contributed by atoms with E-state index in [2.05, 4.69) is 4.99 Å². The Morgan fingerprint density at radius 1 is 1.32 bits per heavy atom. The molecule has 0 N–H and O–H groups in total. The Hall–Kier alpha value is -1.65. The van der Waals surface area contributed by atoms with Crippen molar-refractivity contribution in [2.24, 2.45) is 10.9 Å². The van der Waals surface area contributed by atoms with Crippen LogP contribution in [-0.4, -0.2) is 24.1 Å². The second-order valence-electron chi connectivity index (χ2n) is 6.24. The van der Waals surface area contributed by atoms with E-state index in [1.54, 1.807) is 26.0 Å². The normalized spacial score (nSPS) is 23.2. The fourth-order valence-electron chi connectivity index (χ4n) is 3.64. The molecule has 1 unspecified atom stereocenters. The molecule has 0 aromatic heterocycles. The van der Waals surface area contributed by atoms with Gasteiger partial charge in [-0.15, -0.1) is 0 Å². The van der Waals surface area contributed by atoms with E-state index in [9.17, 15) is 9.59 Å². The number of hydrogen-bond donors (Lipinski definition) is 0. The highest BCUT2D eigenvalue weighted by atomic mass is 35.5. The van der Waals surface area contributed by atoms with E-state index < -0.39 is 17.8 Å². The van der Waals surface area contributed by atoms with Gasteiger partial charge in [0.2, 0.25) is 0 Å². The van der Waals surface area contributed by atoms with Crippen molar-refractivity contribution in [2.75, 3.05) is 6.61 Å². The first-order valence-electron chi connectivity index (χ1n) is 8.37. The standard InChI is InChI=1S/C19H19Cl2NO3/c1-3-25-19(24)15-10(2)22-13-8-5-9-14(23)17(13)16(15)11-6-4-7-12(20)18(11)21/h4,6-7,15-16H,3,5,8-9H2,1-2H3/t15?,16-/m1/s1. The van der Waals surface area contributed by atoms with Gasteiger partial charge in [0.15, 0.2) is 5.78 Å². The van der Waals surface area contributed by atoms with E-state index in [4.69, 9.17) is 27.9 Å². The van der Waals surface area contributed by atoms with Gasteiger partial charge < -0.3 is 4.74 Å². The van der Waals surface area contributed by atoms with Crippen molar-refractivity contribution in [3.05, 3.63) is 45.1 Å². The molecular weight excluding hydrogens is 361 g/mol. The van der Waals surface area contributed by atoms with Crippen LogP contribution in [-0.2, 0) is 14.3 Å². The van der Waals surface area contributed by atoms with Crippen LogP contribution in [0.4, 0.5) is 0 Å². The fraction of sp³-hybridized carbons (Fsp3) is 0.421. The number of aliphatic imine (C=N–C) groups is 1. The molecule has 1 aromatic rings. The van der Waals surface area contributed by atoms with Crippen LogP contribution < -0.4 is 0 Å². The summed E-state index contributed by atoms with van der Waals surface area (Å²) in [4.78, 5) is 29.9. The van der Waals surface area contributed by atoms with Crippen molar-refractivity contribution in [3.63, 3.8) is 0 Å². The number of nitrogens with zero attached hydrogens (tertiary/aromatic N) is 1. The number of carbonyl (C=O) groups excluding carboxylic acids is 2. The summed E-state index contributed by atoms with van der Waals surface area (Å²) in [5, 5.41) is 0.760. The molecule has 2 aliphatic rings. The summed E-state index contributed by atoms with van der Waals surface area (Å²) in [6.07, 6.45) is 1.95. The molecule has 0 amide bonds. The lowest BCUT2D eigenvalue weighted by Crippen LogP contribution is -2.37. The molecular formula is C19H19Cl2NO3. The highest BCUT2D eigenvalue weighted by Crippen LogP contribution is 2.46. The highest BCUT2D eigenvalue weighted by Gasteiger charge is 2.43. The number of carbonyl (C=O) groups is 2. The van der Waals surface area contributed by atoms with Crippen molar-refractivity contribution in [2.45, 2.75) is 39.0 Å². The molecule has 1 aliphatic carbocycles. The average Bonchev–Trinajstić information content (AvgIpc) is 2.56. The number of esters is 1. The first-order chi connectivity index (χ1) is 12.0. The van der Waals surface area contributed by atoms with Crippen LogP contribution >= 0.6 is 23.2 Å². The predicted molar refractivity (Wildman–Crippen MR) is 98.3 cm³/mol. The van der Waals surface area contributed by atoms with Gasteiger partial charge >= 0.3 is 5.97 Å². The van der Waals surface area contributed by atoms with Gasteiger partial charge in [-0.05, 0) is 38.3 Å². The monoisotopic (exact) mass is 379 g/mol. The summed E-state index contributed by atoms with van der Waals surface area (Å²) in [6, 6.07) is 5.28. The minimum atomic E-state index is -0.670. The first-order valence-corrected chi connectivity index (χ1v) is 9.13. The number of rotatable bonds is 3. The number of ether oxygens (including phenoxy) is 1. The van der Waals surface area contributed by atoms with Crippen molar-refractivity contribution in [3.8, 4) is 0 Å². The van der Waals surface area contributed by atoms with Gasteiger partial charge in [-0.2, -0.15) is 0 Å². The van der Waals surface area contributed by atoms with E-state index in [0.29, 0.717) is 33.3 Å². The lowest BCUT2D eigenvalue weighted by Gasteiger charge is -2.34. The molecule has 0 spiro atoms. The summed E-state index contributed by atoms with van der Waals surface area (Å²) < 4.78 is 5.26. The van der Waals surface area contributed by atoms with Crippen molar-refractivity contribution in [1.29, 1.82) is 0 Å². The molecule has 0 radical (unpaired) electrons. The van der Waals surface area contributed by atoms with Gasteiger partial charge in [0, 0.05) is 29.3 Å². The Morgan fingerprint density at radius 3 is 2.80 bits per heavy atom. The number of hydrogen-bond acceptors (Lipinski definition) is 4. The Morgan fingerprint density at radius 2 is 2.08 bits per heavy atom. The van der Waals surface area contributed by atoms with Gasteiger partial charge in [-0.1, -0.05) is 35.3 Å².